The summed E-state index contributed by atoms with van der Waals surface area (Å²) in [6.07, 6.45) is 0.394. The molecule has 2 amide bonds. The first kappa shape index (κ1) is 27.4. The van der Waals surface area contributed by atoms with Gasteiger partial charge < -0.3 is 26.6 Å². The lowest BCUT2D eigenvalue weighted by Crippen LogP contribution is -2.50. The third-order valence-corrected chi connectivity index (χ3v) is 6.73. The van der Waals surface area contributed by atoms with Crippen LogP contribution in [0.25, 0.3) is 0 Å². The van der Waals surface area contributed by atoms with Gasteiger partial charge in [0.25, 0.3) is 0 Å². The van der Waals surface area contributed by atoms with Crippen molar-refractivity contribution in [2.45, 2.75) is 45.6 Å². The number of aliphatic carboxylic acids is 1. The van der Waals surface area contributed by atoms with Crippen molar-refractivity contribution in [1.82, 2.24) is 5.32 Å². The molecule has 0 spiro atoms. The second kappa shape index (κ2) is 11.6. The number of nitrogens with one attached hydrogen (secondary N) is 2. The zero-order valence-electron chi connectivity index (χ0n) is 19.2. The predicted octanol–water partition coefficient (Wildman–Crippen LogP) is 2.18. The third kappa shape index (κ3) is 6.85. The van der Waals surface area contributed by atoms with Crippen LogP contribution in [0.5, 0.6) is 5.75 Å². The van der Waals surface area contributed by atoms with Gasteiger partial charge in [0.1, 0.15) is 16.8 Å². The molecule has 0 bridgehead atoms. The number of nitrogens with two attached hydrogens (primary N) is 2. The number of ether oxygens (including phenoxy) is 1. The smallest absolute Gasteiger partial charge is 0.353 e. The summed E-state index contributed by atoms with van der Waals surface area (Å²) in [5.41, 5.74) is 9.56. The molecule has 0 saturated carbocycles. The van der Waals surface area contributed by atoms with E-state index in [1.54, 1.807) is 19.9 Å². The molecule has 0 saturated heterocycles. The van der Waals surface area contributed by atoms with Crippen LogP contribution in [-0.4, -0.2) is 40.7 Å². The second-order valence-electron chi connectivity index (χ2n) is 7.91. The summed E-state index contributed by atoms with van der Waals surface area (Å²) in [4.78, 5) is 49.0. The van der Waals surface area contributed by atoms with Gasteiger partial charge in [-0.05, 0) is 49.6 Å². The molecule has 35 heavy (non-hydrogen) atoms. The molecule has 0 aliphatic carbocycles. The van der Waals surface area contributed by atoms with Crippen LogP contribution in [0.15, 0.2) is 30.3 Å². The standard InChI is InChI=1S/C23H27FN4O6S/c1-3-23(4-2,22(33)28-15(20(30)31)10-18(25)29)11-13-6-8-17(35-13)21(32)34-16-7-5-12(19(26)27)9-14(16)24/h5-9,15H,3-4,10-11H2,1-2H3,(H2,25,29)(H3,26,27)(H,28,33)(H,30,31). The SMILES string of the molecule is CCC(CC)(Cc1ccc(C(=O)Oc2ccc(C(=N)N)cc2F)s1)C(=O)NC(CC(N)=O)C(=O)O. The van der Waals surface area contributed by atoms with E-state index in [0.29, 0.717) is 17.7 Å². The number of carbonyl (C=O) groups is 4. The highest BCUT2D eigenvalue weighted by Gasteiger charge is 2.38. The zero-order chi connectivity index (χ0) is 26.3. The first-order valence-corrected chi connectivity index (χ1v) is 11.5. The summed E-state index contributed by atoms with van der Waals surface area (Å²) in [5.74, 6) is -5.06. The molecule has 1 aromatic carbocycles. The van der Waals surface area contributed by atoms with Gasteiger partial charge in [-0.3, -0.25) is 15.0 Å². The summed E-state index contributed by atoms with van der Waals surface area (Å²) in [6.45, 7) is 3.56. The minimum absolute atomic E-state index is 0.149. The van der Waals surface area contributed by atoms with Gasteiger partial charge in [0.05, 0.1) is 11.8 Å². The molecule has 1 heterocycles. The van der Waals surface area contributed by atoms with Crippen molar-refractivity contribution in [1.29, 1.82) is 5.41 Å². The number of hydrogen-bond acceptors (Lipinski definition) is 7. The molecule has 2 aromatic rings. The summed E-state index contributed by atoms with van der Waals surface area (Å²) < 4.78 is 19.3. The van der Waals surface area contributed by atoms with E-state index in [-0.39, 0.29) is 28.4 Å². The Hall–Kier alpha value is -3.80. The number of esters is 1. The summed E-state index contributed by atoms with van der Waals surface area (Å²) in [5, 5.41) is 19.0. The lowest BCUT2D eigenvalue weighted by atomic mass is 9.77. The van der Waals surface area contributed by atoms with E-state index in [1.807, 2.05) is 0 Å². The second-order valence-corrected chi connectivity index (χ2v) is 9.08. The van der Waals surface area contributed by atoms with Gasteiger partial charge in [-0.2, -0.15) is 0 Å². The van der Waals surface area contributed by atoms with Gasteiger partial charge in [0.2, 0.25) is 11.8 Å². The highest BCUT2D eigenvalue weighted by atomic mass is 32.1. The number of nitrogen functional groups attached to an aromatic ring is 1. The normalized spacial score (nSPS) is 12.0. The van der Waals surface area contributed by atoms with Crippen LogP contribution in [-0.2, 0) is 20.8 Å². The van der Waals surface area contributed by atoms with Crippen LogP contribution < -0.4 is 21.5 Å². The quantitative estimate of drug-likeness (QED) is 0.126. The Bertz CT molecular complexity index is 1140. The van der Waals surface area contributed by atoms with Crippen LogP contribution in [0.1, 0.15) is 53.2 Å². The van der Waals surface area contributed by atoms with Crippen LogP contribution in [0.2, 0.25) is 0 Å². The Morgan fingerprint density at radius 2 is 1.83 bits per heavy atom. The lowest BCUT2D eigenvalue weighted by molar-refractivity contribution is -0.145. The number of benzene rings is 1. The van der Waals surface area contributed by atoms with Crippen molar-refractivity contribution in [2.24, 2.45) is 16.9 Å². The van der Waals surface area contributed by atoms with E-state index in [2.05, 4.69) is 5.32 Å². The number of carboxylic acid groups (broad SMARTS) is 1. The molecule has 1 atom stereocenters. The number of halogens is 1. The largest absolute Gasteiger partial charge is 0.480 e. The molecule has 12 heteroatoms. The van der Waals surface area contributed by atoms with Crippen LogP contribution in [0.4, 0.5) is 4.39 Å². The van der Waals surface area contributed by atoms with Gasteiger partial charge >= 0.3 is 11.9 Å². The van der Waals surface area contributed by atoms with Crippen LogP contribution in [0, 0.1) is 16.6 Å². The molecule has 0 aliphatic rings. The number of primary amides is 1. The van der Waals surface area contributed by atoms with Gasteiger partial charge in [-0.25, -0.2) is 14.0 Å². The molecule has 10 nitrogen and oxygen atoms in total. The Labute approximate surface area is 205 Å². The van der Waals surface area contributed by atoms with Crippen molar-refractivity contribution in [3.05, 3.63) is 51.5 Å². The number of carboxylic acids is 1. The number of hydrogen-bond donors (Lipinski definition) is 5. The van der Waals surface area contributed by atoms with Crippen LogP contribution >= 0.6 is 11.3 Å². The molecular formula is C23H27FN4O6S. The molecule has 0 aliphatic heterocycles. The predicted molar refractivity (Wildman–Crippen MR) is 127 cm³/mol. The Balaban J connectivity index is 2.18. The van der Waals surface area contributed by atoms with E-state index in [9.17, 15) is 28.7 Å². The number of amidine groups is 1. The Morgan fingerprint density at radius 1 is 1.17 bits per heavy atom. The average molecular weight is 507 g/mol. The fourth-order valence-corrected chi connectivity index (χ4v) is 4.46. The maximum absolute atomic E-state index is 14.2. The summed E-state index contributed by atoms with van der Waals surface area (Å²) in [6, 6.07) is 5.23. The summed E-state index contributed by atoms with van der Waals surface area (Å²) >= 11 is 1.06. The lowest BCUT2D eigenvalue weighted by Gasteiger charge is -2.31. The van der Waals surface area contributed by atoms with Gasteiger partial charge in [0.15, 0.2) is 11.6 Å². The molecule has 1 aromatic heterocycles. The molecular weight excluding hydrogens is 479 g/mol. The fraction of sp³-hybridized carbons (Fsp3) is 0.348. The monoisotopic (exact) mass is 506 g/mol. The van der Waals surface area contributed by atoms with Crippen molar-refractivity contribution in [2.75, 3.05) is 0 Å². The van der Waals surface area contributed by atoms with Crippen molar-refractivity contribution < 1.29 is 33.4 Å². The Morgan fingerprint density at radius 3 is 2.34 bits per heavy atom. The van der Waals surface area contributed by atoms with E-state index in [1.165, 1.54) is 18.2 Å². The number of amides is 2. The molecule has 0 radical (unpaired) electrons. The van der Waals surface area contributed by atoms with Crippen molar-refractivity contribution in [3.8, 4) is 5.75 Å². The fourth-order valence-electron chi connectivity index (χ4n) is 3.43. The van der Waals surface area contributed by atoms with Crippen molar-refractivity contribution >= 4 is 40.9 Å². The minimum Gasteiger partial charge on any atom is -0.480 e. The van der Waals surface area contributed by atoms with Gasteiger partial charge in [0, 0.05) is 10.4 Å². The average Bonchev–Trinajstić information content (AvgIpc) is 3.26. The van der Waals surface area contributed by atoms with Crippen LogP contribution in [0.3, 0.4) is 0 Å². The van der Waals surface area contributed by atoms with E-state index in [0.717, 1.165) is 17.4 Å². The minimum atomic E-state index is -1.45. The maximum atomic E-state index is 14.2. The van der Waals surface area contributed by atoms with Crippen molar-refractivity contribution in [3.63, 3.8) is 0 Å². The van der Waals surface area contributed by atoms with E-state index >= 15 is 0 Å². The number of carbonyl (C=O) groups excluding carboxylic acids is 3. The zero-order valence-corrected chi connectivity index (χ0v) is 20.0. The Kier molecular flexibility index (Phi) is 9.06. The first-order chi connectivity index (χ1) is 16.4. The molecule has 1 unspecified atom stereocenters. The molecule has 2 rings (SSSR count). The molecule has 188 valence electrons. The maximum Gasteiger partial charge on any atom is 0.353 e. The highest BCUT2D eigenvalue weighted by molar-refractivity contribution is 7.14. The highest BCUT2D eigenvalue weighted by Crippen LogP contribution is 2.34. The van der Waals surface area contributed by atoms with Gasteiger partial charge in [-0.15, -0.1) is 11.3 Å². The topological polar surface area (TPSA) is 186 Å². The summed E-state index contributed by atoms with van der Waals surface area (Å²) in [7, 11) is 0. The van der Waals surface area contributed by atoms with E-state index < -0.39 is 47.4 Å². The number of rotatable bonds is 12. The first-order valence-electron chi connectivity index (χ1n) is 10.7. The third-order valence-electron chi connectivity index (χ3n) is 5.66. The molecule has 7 N–H and O–H groups in total. The number of thiophene rings is 1. The van der Waals surface area contributed by atoms with E-state index in [4.69, 9.17) is 21.6 Å². The van der Waals surface area contributed by atoms with Gasteiger partial charge in [-0.1, -0.05) is 13.8 Å². The molecule has 0 fully saturated rings.